The first-order valence-corrected chi connectivity index (χ1v) is 8.97. The number of hydrogen-bond donors (Lipinski definition) is 1. The lowest BCUT2D eigenvalue weighted by Crippen LogP contribution is -2.06. The van der Waals surface area contributed by atoms with Gasteiger partial charge in [-0.2, -0.15) is 0 Å². The molecule has 0 radical (unpaired) electrons. The number of hydrogen-bond acceptors (Lipinski definition) is 5. The van der Waals surface area contributed by atoms with Gasteiger partial charge in [0.1, 0.15) is 12.0 Å². The summed E-state index contributed by atoms with van der Waals surface area (Å²) in [6.07, 6.45) is 7.65. The van der Waals surface area contributed by atoms with E-state index in [1.54, 1.807) is 25.1 Å². The van der Waals surface area contributed by atoms with Gasteiger partial charge in [-0.15, -0.1) is 0 Å². The fourth-order valence-electron chi connectivity index (χ4n) is 2.13. The third-order valence-corrected chi connectivity index (χ3v) is 3.60. The van der Waals surface area contributed by atoms with Crippen LogP contribution in [0.4, 0.5) is 4.39 Å². The summed E-state index contributed by atoms with van der Waals surface area (Å²) in [4.78, 5) is 11.2. The summed E-state index contributed by atoms with van der Waals surface area (Å²) in [6.45, 7) is 6.29. The molecule has 0 aliphatic carbocycles. The van der Waals surface area contributed by atoms with E-state index >= 15 is 0 Å². The van der Waals surface area contributed by atoms with E-state index < -0.39 is 5.82 Å². The SMILES string of the molecule is C\C=C(/C=C\C(=C\O)Oc1ccc(OCCCC(=O)OCC)cc1F)CC. The van der Waals surface area contributed by atoms with Gasteiger partial charge in [-0.1, -0.05) is 24.6 Å². The van der Waals surface area contributed by atoms with E-state index in [1.165, 1.54) is 12.1 Å². The van der Waals surface area contributed by atoms with E-state index in [0.717, 1.165) is 18.3 Å². The summed E-state index contributed by atoms with van der Waals surface area (Å²) in [5, 5.41) is 9.27. The van der Waals surface area contributed by atoms with Crippen molar-refractivity contribution in [2.24, 2.45) is 0 Å². The number of esters is 1. The molecule has 0 saturated heterocycles. The minimum atomic E-state index is -0.618. The summed E-state index contributed by atoms with van der Waals surface area (Å²) in [7, 11) is 0. The van der Waals surface area contributed by atoms with Gasteiger partial charge in [-0.05, 0) is 44.9 Å². The van der Waals surface area contributed by atoms with Crippen LogP contribution in [-0.2, 0) is 9.53 Å². The number of ether oxygens (including phenoxy) is 3. The molecule has 0 amide bonds. The number of carbonyl (C=O) groups is 1. The quantitative estimate of drug-likeness (QED) is 0.247. The van der Waals surface area contributed by atoms with Crippen molar-refractivity contribution in [3.05, 3.63) is 59.8 Å². The van der Waals surface area contributed by atoms with Gasteiger partial charge in [0.25, 0.3) is 0 Å². The van der Waals surface area contributed by atoms with Crippen molar-refractivity contribution in [1.29, 1.82) is 0 Å². The maximum atomic E-state index is 14.2. The van der Waals surface area contributed by atoms with Crippen molar-refractivity contribution in [3.8, 4) is 11.5 Å². The minimum absolute atomic E-state index is 0.0302. The molecule has 27 heavy (non-hydrogen) atoms. The number of halogens is 1. The van der Waals surface area contributed by atoms with Crippen LogP contribution in [0, 0.1) is 5.82 Å². The fraction of sp³-hybridized carbons (Fsp3) is 0.381. The van der Waals surface area contributed by atoms with Crippen LogP contribution >= 0.6 is 0 Å². The van der Waals surface area contributed by atoms with Crippen molar-refractivity contribution in [3.63, 3.8) is 0 Å². The Morgan fingerprint density at radius 1 is 1.26 bits per heavy atom. The molecule has 6 heteroatoms. The lowest BCUT2D eigenvalue weighted by Gasteiger charge is -2.10. The molecular weight excluding hydrogens is 351 g/mol. The minimum Gasteiger partial charge on any atom is -0.512 e. The zero-order chi connectivity index (χ0) is 20.1. The Morgan fingerprint density at radius 2 is 2.04 bits per heavy atom. The van der Waals surface area contributed by atoms with Gasteiger partial charge in [-0.25, -0.2) is 4.39 Å². The van der Waals surface area contributed by atoms with Crippen LogP contribution < -0.4 is 9.47 Å². The summed E-state index contributed by atoms with van der Waals surface area (Å²) in [6, 6.07) is 4.18. The third-order valence-electron chi connectivity index (χ3n) is 3.60. The van der Waals surface area contributed by atoms with Crippen molar-refractivity contribution in [2.45, 2.75) is 40.0 Å². The molecule has 1 aromatic rings. The monoisotopic (exact) mass is 378 g/mol. The van der Waals surface area contributed by atoms with Gasteiger partial charge in [0.15, 0.2) is 17.3 Å². The average Bonchev–Trinajstić information content (AvgIpc) is 2.66. The molecule has 0 fully saturated rings. The summed E-state index contributed by atoms with van der Waals surface area (Å²) in [5.41, 5.74) is 1.06. The zero-order valence-corrected chi connectivity index (χ0v) is 16.0. The molecule has 0 heterocycles. The molecule has 148 valence electrons. The molecule has 0 saturated carbocycles. The molecule has 1 aromatic carbocycles. The highest BCUT2D eigenvalue weighted by Gasteiger charge is 2.08. The second-order valence-electron chi connectivity index (χ2n) is 5.53. The second-order valence-corrected chi connectivity index (χ2v) is 5.53. The number of carbonyl (C=O) groups excluding carboxylic acids is 1. The van der Waals surface area contributed by atoms with Gasteiger partial charge >= 0.3 is 5.97 Å². The molecule has 0 aromatic heterocycles. The Hall–Kier alpha value is -2.76. The molecule has 1 rings (SSSR count). The lowest BCUT2D eigenvalue weighted by molar-refractivity contribution is -0.143. The predicted molar refractivity (Wildman–Crippen MR) is 102 cm³/mol. The number of rotatable bonds is 11. The maximum Gasteiger partial charge on any atom is 0.305 e. The van der Waals surface area contributed by atoms with Crippen LogP contribution in [-0.4, -0.2) is 24.3 Å². The normalized spacial score (nSPS) is 12.3. The molecule has 0 aliphatic rings. The molecule has 0 spiro atoms. The Kier molecular flexibility index (Phi) is 10.4. The van der Waals surface area contributed by atoms with E-state index in [9.17, 15) is 14.3 Å². The molecule has 0 aliphatic heterocycles. The Balaban J connectivity index is 2.60. The number of allylic oxidation sites excluding steroid dienone is 4. The third kappa shape index (κ3) is 8.44. The van der Waals surface area contributed by atoms with Gasteiger partial charge in [0, 0.05) is 12.5 Å². The van der Waals surface area contributed by atoms with E-state index in [4.69, 9.17) is 14.2 Å². The Morgan fingerprint density at radius 3 is 2.63 bits per heavy atom. The Labute approximate surface area is 159 Å². The average molecular weight is 378 g/mol. The molecule has 1 N–H and O–H groups in total. The van der Waals surface area contributed by atoms with Crippen molar-refractivity contribution in [2.75, 3.05) is 13.2 Å². The van der Waals surface area contributed by atoms with E-state index in [1.807, 2.05) is 19.9 Å². The number of aliphatic hydroxyl groups is 1. The van der Waals surface area contributed by atoms with Gasteiger partial charge < -0.3 is 19.3 Å². The highest BCUT2D eigenvalue weighted by atomic mass is 19.1. The topological polar surface area (TPSA) is 65.0 Å². The van der Waals surface area contributed by atoms with E-state index in [-0.39, 0.29) is 30.5 Å². The van der Waals surface area contributed by atoms with E-state index in [0.29, 0.717) is 18.8 Å². The van der Waals surface area contributed by atoms with E-state index in [2.05, 4.69) is 0 Å². The molecular formula is C21H27FO5. The summed E-state index contributed by atoms with van der Waals surface area (Å²) >= 11 is 0. The molecule has 0 unspecified atom stereocenters. The first-order chi connectivity index (χ1) is 13.0. The van der Waals surface area contributed by atoms with Gasteiger partial charge in [-0.3, -0.25) is 4.79 Å². The maximum absolute atomic E-state index is 14.2. The second kappa shape index (κ2) is 12.6. The largest absolute Gasteiger partial charge is 0.512 e. The van der Waals surface area contributed by atoms with Crippen LogP contribution in [0.25, 0.3) is 0 Å². The lowest BCUT2D eigenvalue weighted by atomic mass is 10.2. The summed E-state index contributed by atoms with van der Waals surface area (Å²) < 4.78 is 29.8. The highest BCUT2D eigenvalue weighted by molar-refractivity contribution is 5.69. The molecule has 5 nitrogen and oxygen atoms in total. The number of benzene rings is 1. The van der Waals surface area contributed by atoms with Crippen molar-refractivity contribution >= 4 is 5.97 Å². The van der Waals surface area contributed by atoms with Gasteiger partial charge in [0.05, 0.1) is 13.2 Å². The Bertz CT molecular complexity index is 692. The summed E-state index contributed by atoms with van der Waals surface area (Å²) in [5.74, 6) is -0.484. The van der Waals surface area contributed by atoms with Crippen LogP contribution in [0.1, 0.15) is 40.0 Å². The van der Waals surface area contributed by atoms with Crippen molar-refractivity contribution < 1.29 is 28.5 Å². The highest BCUT2D eigenvalue weighted by Crippen LogP contribution is 2.25. The van der Waals surface area contributed by atoms with Gasteiger partial charge in [0.2, 0.25) is 0 Å². The van der Waals surface area contributed by atoms with Crippen LogP contribution in [0.3, 0.4) is 0 Å². The van der Waals surface area contributed by atoms with Crippen LogP contribution in [0.2, 0.25) is 0 Å². The molecule has 0 atom stereocenters. The first-order valence-electron chi connectivity index (χ1n) is 8.97. The standard InChI is InChI=1S/C21H27FO5/c1-4-16(5-2)9-10-18(15-23)27-20-12-11-17(14-19(20)22)26-13-7-8-21(24)25-6-3/h4,9-12,14-15,23H,5-8,13H2,1-3H3/b10-9-,16-4-,18-15-. The zero-order valence-electron chi connectivity index (χ0n) is 16.0. The predicted octanol–water partition coefficient (Wildman–Crippen LogP) is 5.24. The smallest absolute Gasteiger partial charge is 0.305 e. The fourth-order valence-corrected chi connectivity index (χ4v) is 2.13. The number of aliphatic hydroxyl groups excluding tert-OH is 1. The van der Waals surface area contributed by atoms with Crippen LogP contribution in [0.5, 0.6) is 11.5 Å². The van der Waals surface area contributed by atoms with Crippen molar-refractivity contribution in [1.82, 2.24) is 0 Å². The molecule has 0 bridgehead atoms. The first kappa shape index (κ1) is 22.3. The van der Waals surface area contributed by atoms with Crippen LogP contribution in [0.15, 0.2) is 54.0 Å².